The molecule has 1 aromatic heterocycles. The van der Waals surface area contributed by atoms with Gasteiger partial charge >= 0.3 is 0 Å². The summed E-state index contributed by atoms with van der Waals surface area (Å²) in [7, 11) is 0. The average molecular weight is 405 g/mol. The smallest absolute Gasteiger partial charge is 0.256 e. The molecule has 1 aliphatic carbocycles. The molecule has 0 bridgehead atoms. The van der Waals surface area contributed by atoms with Crippen molar-refractivity contribution in [3.63, 3.8) is 0 Å². The molecule has 148 valence electrons. The van der Waals surface area contributed by atoms with Gasteiger partial charge in [0, 0.05) is 10.4 Å². The highest BCUT2D eigenvalue weighted by Gasteiger charge is 2.24. The van der Waals surface area contributed by atoms with E-state index in [0.29, 0.717) is 16.1 Å². The number of hydrogen-bond acceptors (Lipinski definition) is 3. The fourth-order valence-corrected chi connectivity index (χ4v) is 5.16. The number of amides is 2. The van der Waals surface area contributed by atoms with E-state index >= 15 is 0 Å². The summed E-state index contributed by atoms with van der Waals surface area (Å²) in [4.78, 5) is 26.0. The molecular formula is C24H24N2O2S. The Balaban J connectivity index is 1.51. The summed E-state index contributed by atoms with van der Waals surface area (Å²) in [6, 6.07) is 17.8. The topological polar surface area (TPSA) is 72.2 Å². The van der Waals surface area contributed by atoms with Crippen molar-refractivity contribution in [2.24, 2.45) is 5.73 Å². The molecule has 0 atom stereocenters. The van der Waals surface area contributed by atoms with E-state index in [9.17, 15) is 9.59 Å². The lowest BCUT2D eigenvalue weighted by Crippen LogP contribution is -2.18. The first-order chi connectivity index (χ1) is 14.1. The Hall–Kier alpha value is -2.92. The third-order valence-corrected chi connectivity index (χ3v) is 6.57. The van der Waals surface area contributed by atoms with Crippen LogP contribution in [0.2, 0.25) is 0 Å². The molecular weight excluding hydrogens is 380 g/mol. The number of rotatable bonds is 5. The maximum absolute atomic E-state index is 12.8. The third kappa shape index (κ3) is 4.40. The summed E-state index contributed by atoms with van der Waals surface area (Å²) in [6.45, 7) is 0. The zero-order valence-corrected chi connectivity index (χ0v) is 17.1. The van der Waals surface area contributed by atoms with Gasteiger partial charge in [-0.05, 0) is 60.9 Å². The summed E-state index contributed by atoms with van der Waals surface area (Å²) in [5.74, 6) is -0.673. The molecule has 0 radical (unpaired) electrons. The van der Waals surface area contributed by atoms with Crippen LogP contribution >= 0.6 is 11.3 Å². The minimum Gasteiger partial charge on any atom is -0.365 e. The highest BCUT2D eigenvalue weighted by molar-refractivity contribution is 7.17. The highest BCUT2D eigenvalue weighted by Crippen LogP contribution is 2.37. The standard InChI is InChI=1S/C24H24N2O2S/c25-22(27)21-19-9-5-2-6-10-20(19)29-24(21)26-23(28)18-13-11-17(12-14-18)15-16-7-3-1-4-8-16/h1,3-4,7-8,11-14H,2,5-6,9-10,15H2,(H2,25,27)(H,26,28). The second kappa shape index (κ2) is 8.62. The van der Waals surface area contributed by atoms with Gasteiger partial charge in [-0.15, -0.1) is 11.3 Å². The number of anilines is 1. The Morgan fingerprint density at radius 2 is 1.59 bits per heavy atom. The Morgan fingerprint density at radius 1 is 0.897 bits per heavy atom. The summed E-state index contributed by atoms with van der Waals surface area (Å²) >= 11 is 1.50. The number of primary amides is 1. The van der Waals surface area contributed by atoms with Crippen molar-refractivity contribution in [3.8, 4) is 0 Å². The zero-order chi connectivity index (χ0) is 20.2. The van der Waals surface area contributed by atoms with Crippen LogP contribution in [0, 0.1) is 0 Å². The van der Waals surface area contributed by atoms with Crippen molar-refractivity contribution in [1.82, 2.24) is 0 Å². The fourth-order valence-electron chi connectivity index (χ4n) is 3.87. The molecule has 0 saturated carbocycles. The summed E-state index contributed by atoms with van der Waals surface area (Å²) < 4.78 is 0. The summed E-state index contributed by atoms with van der Waals surface area (Å²) in [6.07, 6.45) is 5.96. The van der Waals surface area contributed by atoms with Gasteiger partial charge in [0.1, 0.15) is 5.00 Å². The van der Waals surface area contributed by atoms with E-state index in [1.165, 1.54) is 21.8 Å². The van der Waals surface area contributed by atoms with E-state index in [1.54, 1.807) is 0 Å². The fraction of sp³-hybridized carbons (Fsp3) is 0.250. The zero-order valence-electron chi connectivity index (χ0n) is 16.2. The third-order valence-electron chi connectivity index (χ3n) is 5.36. The lowest BCUT2D eigenvalue weighted by atomic mass is 10.0. The Bertz CT molecular complexity index is 1020. The van der Waals surface area contributed by atoms with Gasteiger partial charge in [-0.1, -0.05) is 48.9 Å². The Kier molecular flexibility index (Phi) is 5.76. The first-order valence-electron chi connectivity index (χ1n) is 10.0. The molecule has 0 aliphatic heterocycles. The van der Waals surface area contributed by atoms with E-state index in [0.717, 1.165) is 49.7 Å². The normalized spacial score (nSPS) is 13.4. The minimum absolute atomic E-state index is 0.213. The van der Waals surface area contributed by atoms with Crippen molar-refractivity contribution >= 4 is 28.2 Å². The van der Waals surface area contributed by atoms with E-state index in [2.05, 4.69) is 17.4 Å². The van der Waals surface area contributed by atoms with Crippen molar-refractivity contribution in [1.29, 1.82) is 0 Å². The number of nitrogens with one attached hydrogen (secondary N) is 1. The second-order valence-electron chi connectivity index (χ2n) is 7.45. The molecule has 2 amide bonds. The molecule has 0 spiro atoms. The quantitative estimate of drug-likeness (QED) is 0.590. The maximum Gasteiger partial charge on any atom is 0.256 e. The molecule has 3 N–H and O–H groups in total. The lowest BCUT2D eigenvalue weighted by molar-refractivity contribution is 0.100. The first kappa shape index (κ1) is 19.4. The number of carbonyl (C=O) groups is 2. The van der Waals surface area contributed by atoms with Crippen LogP contribution < -0.4 is 11.1 Å². The number of thiophene rings is 1. The van der Waals surface area contributed by atoms with Crippen molar-refractivity contribution < 1.29 is 9.59 Å². The molecule has 29 heavy (non-hydrogen) atoms. The van der Waals surface area contributed by atoms with Crippen molar-refractivity contribution in [3.05, 3.63) is 87.3 Å². The van der Waals surface area contributed by atoms with E-state index < -0.39 is 5.91 Å². The van der Waals surface area contributed by atoms with Crippen LogP contribution in [0.15, 0.2) is 54.6 Å². The van der Waals surface area contributed by atoms with E-state index in [-0.39, 0.29) is 5.91 Å². The van der Waals surface area contributed by atoms with Gasteiger partial charge in [-0.25, -0.2) is 0 Å². The molecule has 0 fully saturated rings. The average Bonchev–Trinajstić information content (AvgIpc) is 2.90. The number of aryl methyl sites for hydroxylation is 1. The molecule has 5 heteroatoms. The molecule has 0 unspecified atom stereocenters. The Labute approximate surface area is 174 Å². The predicted octanol–water partition coefficient (Wildman–Crippen LogP) is 4.96. The van der Waals surface area contributed by atoms with Gasteiger partial charge in [0.05, 0.1) is 5.56 Å². The minimum atomic E-state index is -0.460. The molecule has 1 heterocycles. The molecule has 3 aromatic rings. The SMILES string of the molecule is NC(=O)c1c(NC(=O)c2ccc(Cc3ccccc3)cc2)sc2c1CCCCC2. The van der Waals surface area contributed by atoms with Gasteiger partial charge in [0.15, 0.2) is 0 Å². The Morgan fingerprint density at radius 3 is 2.31 bits per heavy atom. The second-order valence-corrected chi connectivity index (χ2v) is 8.55. The molecule has 4 nitrogen and oxygen atoms in total. The van der Waals surface area contributed by atoms with Crippen LogP contribution in [0.5, 0.6) is 0 Å². The summed E-state index contributed by atoms with van der Waals surface area (Å²) in [5.41, 5.74) is 10.1. The number of carbonyl (C=O) groups excluding carboxylic acids is 2. The van der Waals surface area contributed by atoms with Crippen LogP contribution in [-0.4, -0.2) is 11.8 Å². The van der Waals surface area contributed by atoms with Crippen LogP contribution in [-0.2, 0) is 19.3 Å². The largest absolute Gasteiger partial charge is 0.365 e. The van der Waals surface area contributed by atoms with Gasteiger partial charge in [-0.3, -0.25) is 9.59 Å². The van der Waals surface area contributed by atoms with Crippen molar-refractivity contribution in [2.75, 3.05) is 5.32 Å². The molecule has 2 aromatic carbocycles. The monoisotopic (exact) mass is 404 g/mol. The summed E-state index contributed by atoms with van der Waals surface area (Å²) in [5, 5.41) is 3.52. The van der Waals surface area contributed by atoms with Gasteiger partial charge in [0.25, 0.3) is 11.8 Å². The lowest BCUT2D eigenvalue weighted by Gasteiger charge is -2.07. The van der Waals surface area contributed by atoms with Crippen LogP contribution in [0.1, 0.15) is 61.5 Å². The molecule has 0 saturated heterocycles. The van der Waals surface area contributed by atoms with E-state index in [1.807, 2.05) is 42.5 Å². The van der Waals surface area contributed by atoms with Crippen LogP contribution in [0.3, 0.4) is 0 Å². The number of hydrogen-bond donors (Lipinski definition) is 2. The van der Waals surface area contributed by atoms with Gasteiger partial charge < -0.3 is 11.1 Å². The number of nitrogens with two attached hydrogens (primary N) is 1. The number of fused-ring (bicyclic) bond motifs is 1. The van der Waals surface area contributed by atoms with Crippen LogP contribution in [0.25, 0.3) is 0 Å². The first-order valence-corrected chi connectivity index (χ1v) is 10.8. The van der Waals surface area contributed by atoms with Crippen LogP contribution in [0.4, 0.5) is 5.00 Å². The molecule has 1 aliphatic rings. The van der Waals surface area contributed by atoms with Crippen molar-refractivity contribution in [2.45, 2.75) is 38.5 Å². The van der Waals surface area contributed by atoms with Gasteiger partial charge in [-0.2, -0.15) is 0 Å². The molecule has 4 rings (SSSR count). The van der Waals surface area contributed by atoms with E-state index in [4.69, 9.17) is 5.73 Å². The maximum atomic E-state index is 12.8. The number of benzene rings is 2. The predicted molar refractivity (Wildman–Crippen MR) is 118 cm³/mol. The van der Waals surface area contributed by atoms with Gasteiger partial charge in [0.2, 0.25) is 0 Å². The highest BCUT2D eigenvalue weighted by atomic mass is 32.1.